The first-order valence-corrected chi connectivity index (χ1v) is 7.55. The van der Waals surface area contributed by atoms with Gasteiger partial charge in [0, 0.05) is 10.9 Å². The largest absolute Gasteiger partial charge is 0.465 e. The first kappa shape index (κ1) is 15.2. The van der Waals surface area contributed by atoms with E-state index in [9.17, 15) is 9.59 Å². The van der Waals surface area contributed by atoms with Gasteiger partial charge in [0.25, 0.3) is 0 Å². The number of benzene rings is 1. The van der Waals surface area contributed by atoms with Gasteiger partial charge in [0.1, 0.15) is 5.57 Å². The number of ketones is 1. The molecule has 3 nitrogen and oxygen atoms in total. The molecule has 0 amide bonds. The fraction of sp³-hybridized carbons (Fsp3) is 0.176. The third-order valence-corrected chi connectivity index (χ3v) is 3.82. The lowest BCUT2D eigenvalue weighted by Gasteiger charge is -2.04. The van der Waals surface area contributed by atoms with Gasteiger partial charge in [-0.05, 0) is 35.1 Å². The summed E-state index contributed by atoms with van der Waals surface area (Å²) in [7, 11) is 1.28. The van der Waals surface area contributed by atoms with Crippen molar-refractivity contribution in [3.8, 4) is 0 Å². The number of esters is 1. The van der Waals surface area contributed by atoms with E-state index in [1.54, 1.807) is 22.9 Å². The topological polar surface area (TPSA) is 43.4 Å². The minimum absolute atomic E-state index is 0.0418. The number of carbonyl (C=O) groups excluding carboxylic acids is 2. The van der Waals surface area contributed by atoms with Gasteiger partial charge < -0.3 is 4.74 Å². The molecule has 2 rings (SSSR count). The van der Waals surface area contributed by atoms with Crippen LogP contribution in [0.3, 0.4) is 0 Å². The highest BCUT2D eigenvalue weighted by Crippen LogP contribution is 2.17. The van der Waals surface area contributed by atoms with Gasteiger partial charge in [-0.1, -0.05) is 31.2 Å². The predicted molar refractivity (Wildman–Crippen MR) is 84.5 cm³/mol. The lowest BCUT2D eigenvalue weighted by atomic mass is 10.0. The highest BCUT2D eigenvalue weighted by atomic mass is 32.1. The lowest BCUT2D eigenvalue weighted by molar-refractivity contribution is -0.135. The predicted octanol–water partition coefficient (Wildman–Crippen LogP) is 3.75. The molecule has 21 heavy (non-hydrogen) atoms. The summed E-state index contributed by atoms with van der Waals surface area (Å²) >= 11 is 1.42. The van der Waals surface area contributed by atoms with Gasteiger partial charge >= 0.3 is 5.97 Å². The Kier molecular flexibility index (Phi) is 5.06. The zero-order chi connectivity index (χ0) is 15.2. The number of aryl methyl sites for hydroxylation is 1. The molecule has 0 bridgehead atoms. The summed E-state index contributed by atoms with van der Waals surface area (Å²) in [5, 5.41) is 3.53. The normalized spacial score (nSPS) is 11.2. The third kappa shape index (κ3) is 3.67. The molecule has 2 aromatic rings. The molecule has 0 unspecified atom stereocenters. The van der Waals surface area contributed by atoms with Crippen LogP contribution in [0.15, 0.2) is 46.7 Å². The minimum atomic E-state index is -0.620. The van der Waals surface area contributed by atoms with Crippen molar-refractivity contribution in [2.45, 2.75) is 13.3 Å². The molecule has 0 aliphatic carbocycles. The second kappa shape index (κ2) is 6.99. The third-order valence-electron chi connectivity index (χ3n) is 3.13. The van der Waals surface area contributed by atoms with E-state index in [0.717, 1.165) is 12.0 Å². The summed E-state index contributed by atoms with van der Waals surface area (Å²) < 4.78 is 4.72. The van der Waals surface area contributed by atoms with Crippen molar-refractivity contribution < 1.29 is 14.3 Å². The molecule has 1 aromatic carbocycles. The molecule has 0 aliphatic rings. The SMILES string of the molecule is CCc1ccc(/C=C(\C(=O)OC)C(=O)c2ccsc2)cc1. The zero-order valence-corrected chi connectivity index (χ0v) is 12.8. The molecule has 0 N–H and O–H groups in total. The van der Waals surface area contributed by atoms with Crippen LogP contribution in [0.1, 0.15) is 28.4 Å². The highest BCUT2D eigenvalue weighted by molar-refractivity contribution is 7.08. The van der Waals surface area contributed by atoms with Crippen LogP contribution in [0.2, 0.25) is 0 Å². The minimum Gasteiger partial charge on any atom is -0.465 e. The van der Waals surface area contributed by atoms with Gasteiger partial charge in [0.05, 0.1) is 7.11 Å². The number of Topliss-reactive ketones (excluding diaryl/α,β-unsaturated/α-hetero) is 1. The fourth-order valence-corrected chi connectivity index (χ4v) is 2.53. The van der Waals surface area contributed by atoms with Crippen molar-refractivity contribution in [2.75, 3.05) is 7.11 Å². The molecule has 1 heterocycles. The number of carbonyl (C=O) groups is 2. The van der Waals surface area contributed by atoms with Gasteiger partial charge in [-0.2, -0.15) is 11.3 Å². The summed E-state index contributed by atoms with van der Waals surface area (Å²) in [5.41, 5.74) is 2.55. The maximum atomic E-state index is 12.4. The van der Waals surface area contributed by atoms with E-state index in [4.69, 9.17) is 4.74 Å². The molecule has 0 spiro atoms. The van der Waals surface area contributed by atoms with Crippen LogP contribution >= 0.6 is 11.3 Å². The van der Waals surface area contributed by atoms with Crippen LogP contribution in [-0.2, 0) is 16.0 Å². The number of rotatable bonds is 5. The summed E-state index contributed by atoms with van der Waals surface area (Å²) in [6, 6.07) is 9.45. The monoisotopic (exact) mass is 300 g/mol. The number of hydrogen-bond donors (Lipinski definition) is 0. The Hall–Kier alpha value is -2.20. The Balaban J connectivity index is 2.37. The second-order valence-corrected chi connectivity index (χ2v) is 5.27. The van der Waals surface area contributed by atoms with Crippen LogP contribution in [-0.4, -0.2) is 18.9 Å². The summed E-state index contributed by atoms with van der Waals surface area (Å²) in [5.74, 6) is -0.937. The quantitative estimate of drug-likeness (QED) is 0.278. The van der Waals surface area contributed by atoms with Crippen LogP contribution < -0.4 is 0 Å². The Labute approximate surface area is 127 Å². The first-order valence-electron chi connectivity index (χ1n) is 6.61. The number of thiophene rings is 1. The fourth-order valence-electron chi connectivity index (χ4n) is 1.89. The van der Waals surface area contributed by atoms with Crippen LogP contribution in [0.5, 0.6) is 0 Å². The number of ether oxygens (including phenoxy) is 1. The van der Waals surface area contributed by atoms with E-state index in [0.29, 0.717) is 5.56 Å². The number of methoxy groups -OCH3 is 1. The molecule has 0 saturated carbocycles. The van der Waals surface area contributed by atoms with Gasteiger partial charge in [0.15, 0.2) is 0 Å². The van der Waals surface area contributed by atoms with Crippen molar-refractivity contribution in [2.24, 2.45) is 0 Å². The van der Waals surface area contributed by atoms with E-state index in [1.165, 1.54) is 24.0 Å². The van der Waals surface area contributed by atoms with Crippen LogP contribution in [0.25, 0.3) is 6.08 Å². The average molecular weight is 300 g/mol. The Bertz CT molecular complexity index is 652. The van der Waals surface area contributed by atoms with Crippen molar-refractivity contribution in [1.82, 2.24) is 0 Å². The molecule has 4 heteroatoms. The van der Waals surface area contributed by atoms with Crippen molar-refractivity contribution in [3.63, 3.8) is 0 Å². The molecule has 108 valence electrons. The van der Waals surface area contributed by atoms with Crippen molar-refractivity contribution in [1.29, 1.82) is 0 Å². The molecule has 0 fully saturated rings. The first-order chi connectivity index (χ1) is 10.2. The number of hydrogen-bond acceptors (Lipinski definition) is 4. The Morgan fingerprint density at radius 3 is 2.43 bits per heavy atom. The second-order valence-electron chi connectivity index (χ2n) is 4.49. The molecule has 0 atom stereocenters. The maximum absolute atomic E-state index is 12.4. The highest BCUT2D eigenvalue weighted by Gasteiger charge is 2.20. The Morgan fingerprint density at radius 1 is 1.19 bits per heavy atom. The summed E-state index contributed by atoms with van der Waals surface area (Å²) in [6.07, 6.45) is 2.52. The molecule has 0 radical (unpaired) electrons. The molecule has 1 aromatic heterocycles. The van der Waals surface area contributed by atoms with E-state index < -0.39 is 5.97 Å². The van der Waals surface area contributed by atoms with Gasteiger partial charge in [0.2, 0.25) is 5.78 Å². The smallest absolute Gasteiger partial charge is 0.341 e. The molecule has 0 aliphatic heterocycles. The molecule has 0 saturated heterocycles. The standard InChI is InChI=1S/C17H16O3S/c1-3-12-4-6-13(7-5-12)10-15(17(19)20-2)16(18)14-8-9-21-11-14/h4-11H,3H2,1-2H3/b15-10-. The Morgan fingerprint density at radius 2 is 1.90 bits per heavy atom. The summed E-state index contributed by atoms with van der Waals surface area (Å²) in [6.45, 7) is 2.07. The van der Waals surface area contributed by atoms with E-state index in [2.05, 4.69) is 6.92 Å². The van der Waals surface area contributed by atoms with Crippen LogP contribution in [0.4, 0.5) is 0 Å². The average Bonchev–Trinajstić information content (AvgIpc) is 3.06. The van der Waals surface area contributed by atoms with Gasteiger partial charge in [-0.25, -0.2) is 4.79 Å². The summed E-state index contributed by atoms with van der Waals surface area (Å²) in [4.78, 5) is 24.2. The van der Waals surface area contributed by atoms with Crippen LogP contribution in [0, 0.1) is 0 Å². The van der Waals surface area contributed by atoms with Crippen molar-refractivity contribution in [3.05, 3.63) is 63.4 Å². The van der Waals surface area contributed by atoms with Gasteiger partial charge in [-0.3, -0.25) is 4.79 Å². The lowest BCUT2D eigenvalue weighted by Crippen LogP contribution is -2.14. The zero-order valence-electron chi connectivity index (χ0n) is 12.0. The molecular weight excluding hydrogens is 284 g/mol. The molecular formula is C17H16O3S. The maximum Gasteiger partial charge on any atom is 0.341 e. The van der Waals surface area contributed by atoms with E-state index in [1.807, 2.05) is 24.3 Å². The van der Waals surface area contributed by atoms with Gasteiger partial charge in [-0.15, -0.1) is 0 Å². The van der Waals surface area contributed by atoms with Crippen molar-refractivity contribution >= 4 is 29.2 Å². The van der Waals surface area contributed by atoms with E-state index >= 15 is 0 Å². The van der Waals surface area contributed by atoms with E-state index in [-0.39, 0.29) is 11.4 Å².